The Morgan fingerprint density at radius 3 is 2.90 bits per heavy atom. The molecule has 0 unspecified atom stereocenters. The number of carboxylic acids is 1. The molecule has 0 spiro atoms. The van der Waals surface area contributed by atoms with Crippen LogP contribution in [-0.4, -0.2) is 42.2 Å². The Balaban J connectivity index is 2.02. The molecule has 1 aliphatic heterocycles. The second-order valence-electron chi connectivity index (χ2n) is 5.18. The van der Waals surface area contributed by atoms with Gasteiger partial charge in [0.2, 0.25) is 0 Å². The number of nitrogens with one attached hydrogen (secondary N) is 1. The normalized spacial score (nSPS) is 18.4. The zero-order chi connectivity index (χ0) is 15.0. The topological polar surface area (TPSA) is 65.5 Å². The lowest BCUT2D eigenvalue weighted by Crippen LogP contribution is -2.29. The molecule has 1 aromatic carbocycles. The van der Waals surface area contributed by atoms with E-state index in [1.165, 1.54) is 0 Å². The van der Waals surface area contributed by atoms with Gasteiger partial charge in [0.1, 0.15) is 5.82 Å². The number of pyridine rings is 1. The fraction of sp³-hybridized carbons (Fsp3) is 0.333. The van der Waals surface area contributed by atoms with Gasteiger partial charge < -0.3 is 15.3 Å². The molecule has 6 heteroatoms. The van der Waals surface area contributed by atoms with Gasteiger partial charge >= 0.3 is 5.97 Å². The van der Waals surface area contributed by atoms with Gasteiger partial charge in [-0.3, -0.25) is 0 Å². The third kappa shape index (κ3) is 2.54. The van der Waals surface area contributed by atoms with Crippen LogP contribution in [0.2, 0.25) is 5.02 Å². The standard InChI is InChI=1S/C15H16ClN3O2/c1-17-9-6-7-19(8-9)13-5-2-10-12(18-13)4-3-11(16)14(10)15(20)21/h2-5,9,17H,6-8H2,1H3,(H,20,21)/t9-/m1/s1. The first kappa shape index (κ1) is 14.1. The molecule has 0 amide bonds. The van der Waals surface area contributed by atoms with Crippen LogP contribution in [0, 0.1) is 0 Å². The number of anilines is 1. The van der Waals surface area contributed by atoms with Gasteiger partial charge in [-0.2, -0.15) is 0 Å². The van der Waals surface area contributed by atoms with Gasteiger partial charge in [-0.25, -0.2) is 9.78 Å². The van der Waals surface area contributed by atoms with Gasteiger partial charge in [-0.05, 0) is 37.7 Å². The summed E-state index contributed by atoms with van der Waals surface area (Å²) in [6, 6.07) is 7.48. The molecule has 0 saturated carbocycles. The summed E-state index contributed by atoms with van der Waals surface area (Å²) < 4.78 is 0. The maximum atomic E-state index is 11.3. The minimum absolute atomic E-state index is 0.114. The number of carbonyl (C=O) groups is 1. The van der Waals surface area contributed by atoms with E-state index in [2.05, 4.69) is 15.2 Å². The van der Waals surface area contributed by atoms with Gasteiger partial charge in [0.15, 0.2) is 0 Å². The molecule has 1 saturated heterocycles. The molecule has 21 heavy (non-hydrogen) atoms. The highest BCUT2D eigenvalue weighted by Crippen LogP contribution is 2.28. The van der Waals surface area contributed by atoms with Crippen molar-refractivity contribution >= 4 is 34.3 Å². The smallest absolute Gasteiger partial charge is 0.337 e. The Bertz CT molecular complexity index is 705. The molecule has 0 radical (unpaired) electrons. The molecule has 3 rings (SSSR count). The summed E-state index contributed by atoms with van der Waals surface area (Å²) in [7, 11) is 1.96. The predicted molar refractivity (Wildman–Crippen MR) is 83.4 cm³/mol. The van der Waals surface area contributed by atoms with Crippen molar-refractivity contribution < 1.29 is 9.90 Å². The van der Waals surface area contributed by atoms with E-state index in [1.54, 1.807) is 18.2 Å². The number of rotatable bonds is 3. The monoisotopic (exact) mass is 305 g/mol. The van der Waals surface area contributed by atoms with Crippen molar-refractivity contribution in [3.05, 3.63) is 34.9 Å². The average Bonchev–Trinajstić information content (AvgIpc) is 2.95. The van der Waals surface area contributed by atoms with E-state index in [0.717, 1.165) is 25.3 Å². The molecule has 1 aromatic heterocycles. The number of hydrogen-bond donors (Lipinski definition) is 2. The fourth-order valence-electron chi connectivity index (χ4n) is 2.76. The van der Waals surface area contributed by atoms with Crippen molar-refractivity contribution in [1.82, 2.24) is 10.3 Å². The number of carboxylic acid groups (broad SMARTS) is 1. The van der Waals surface area contributed by atoms with Gasteiger partial charge in [-0.15, -0.1) is 0 Å². The van der Waals surface area contributed by atoms with Crippen molar-refractivity contribution in [3.8, 4) is 0 Å². The van der Waals surface area contributed by atoms with E-state index in [9.17, 15) is 9.90 Å². The summed E-state index contributed by atoms with van der Waals surface area (Å²) in [6.45, 7) is 1.86. The molecule has 110 valence electrons. The fourth-order valence-corrected chi connectivity index (χ4v) is 3.01. The van der Waals surface area contributed by atoms with E-state index < -0.39 is 5.97 Å². The molecule has 1 aliphatic rings. The second kappa shape index (κ2) is 5.50. The van der Waals surface area contributed by atoms with Crippen molar-refractivity contribution in [2.75, 3.05) is 25.0 Å². The van der Waals surface area contributed by atoms with Gasteiger partial charge in [-0.1, -0.05) is 11.6 Å². The van der Waals surface area contributed by atoms with E-state index in [-0.39, 0.29) is 10.6 Å². The number of aromatic carboxylic acids is 1. The molecular formula is C15H16ClN3O2. The molecule has 2 aromatic rings. The van der Waals surface area contributed by atoms with Gasteiger partial charge in [0.25, 0.3) is 0 Å². The number of halogens is 1. The lowest BCUT2D eigenvalue weighted by atomic mass is 10.1. The van der Waals surface area contributed by atoms with Crippen LogP contribution in [0.3, 0.4) is 0 Å². The van der Waals surface area contributed by atoms with Crippen LogP contribution in [0.15, 0.2) is 24.3 Å². The van der Waals surface area contributed by atoms with Crippen LogP contribution >= 0.6 is 11.6 Å². The highest BCUT2D eigenvalue weighted by atomic mass is 35.5. The minimum atomic E-state index is -1.03. The summed E-state index contributed by atoms with van der Waals surface area (Å²) in [4.78, 5) is 18.1. The molecule has 1 atom stereocenters. The van der Waals surface area contributed by atoms with E-state index >= 15 is 0 Å². The van der Waals surface area contributed by atoms with Crippen LogP contribution in [0.4, 0.5) is 5.82 Å². The zero-order valence-corrected chi connectivity index (χ0v) is 12.4. The maximum Gasteiger partial charge on any atom is 0.337 e. The lowest BCUT2D eigenvalue weighted by Gasteiger charge is -2.18. The molecule has 0 bridgehead atoms. The molecular weight excluding hydrogens is 290 g/mol. The predicted octanol–water partition coefficient (Wildman–Crippen LogP) is 2.38. The summed E-state index contributed by atoms with van der Waals surface area (Å²) in [5.74, 6) is -0.157. The highest BCUT2D eigenvalue weighted by molar-refractivity contribution is 6.35. The molecule has 5 nitrogen and oxygen atoms in total. The number of fused-ring (bicyclic) bond motifs is 1. The first-order chi connectivity index (χ1) is 10.1. The molecule has 0 aliphatic carbocycles. The van der Waals surface area contributed by atoms with Gasteiger partial charge in [0, 0.05) is 24.5 Å². The quantitative estimate of drug-likeness (QED) is 0.911. The van der Waals surface area contributed by atoms with E-state index in [4.69, 9.17) is 11.6 Å². The largest absolute Gasteiger partial charge is 0.478 e. The number of likely N-dealkylation sites (N-methyl/N-ethyl adjacent to an activating group) is 1. The van der Waals surface area contributed by atoms with Crippen LogP contribution in [-0.2, 0) is 0 Å². The Hall–Kier alpha value is -1.85. The number of benzene rings is 1. The number of aromatic nitrogens is 1. The van der Waals surface area contributed by atoms with Gasteiger partial charge in [0.05, 0.1) is 16.1 Å². The van der Waals surface area contributed by atoms with E-state index in [1.807, 2.05) is 13.1 Å². The van der Waals surface area contributed by atoms with Crippen molar-refractivity contribution in [2.45, 2.75) is 12.5 Å². The van der Waals surface area contributed by atoms with Crippen LogP contribution in [0.5, 0.6) is 0 Å². The van der Waals surface area contributed by atoms with Crippen LogP contribution < -0.4 is 10.2 Å². The third-order valence-electron chi connectivity index (χ3n) is 3.94. The van der Waals surface area contributed by atoms with Crippen molar-refractivity contribution in [1.29, 1.82) is 0 Å². The van der Waals surface area contributed by atoms with Crippen LogP contribution in [0.1, 0.15) is 16.8 Å². The Kier molecular flexibility index (Phi) is 3.69. The molecule has 2 N–H and O–H groups in total. The molecule has 1 fully saturated rings. The summed E-state index contributed by atoms with van der Waals surface area (Å²) in [5, 5.41) is 13.4. The number of nitrogens with zero attached hydrogens (tertiary/aromatic N) is 2. The minimum Gasteiger partial charge on any atom is -0.478 e. The third-order valence-corrected chi connectivity index (χ3v) is 4.26. The number of hydrogen-bond acceptors (Lipinski definition) is 4. The first-order valence-corrected chi connectivity index (χ1v) is 7.22. The lowest BCUT2D eigenvalue weighted by molar-refractivity contribution is 0.0699. The summed E-state index contributed by atoms with van der Waals surface area (Å²) in [6.07, 6.45) is 1.08. The van der Waals surface area contributed by atoms with E-state index in [0.29, 0.717) is 16.9 Å². The zero-order valence-electron chi connectivity index (χ0n) is 11.6. The first-order valence-electron chi connectivity index (χ1n) is 6.85. The van der Waals surface area contributed by atoms with Crippen molar-refractivity contribution in [3.63, 3.8) is 0 Å². The van der Waals surface area contributed by atoms with Crippen LogP contribution in [0.25, 0.3) is 10.9 Å². The average molecular weight is 306 g/mol. The Labute approximate surface area is 127 Å². The summed E-state index contributed by atoms with van der Waals surface area (Å²) in [5.41, 5.74) is 0.768. The SMILES string of the molecule is CN[C@@H]1CCN(c2ccc3c(C(=O)O)c(Cl)ccc3n2)C1. The van der Waals surface area contributed by atoms with Crippen molar-refractivity contribution in [2.24, 2.45) is 0 Å². The Morgan fingerprint density at radius 1 is 1.43 bits per heavy atom. The maximum absolute atomic E-state index is 11.3. The molecule has 2 heterocycles. The Morgan fingerprint density at radius 2 is 2.24 bits per heavy atom. The summed E-state index contributed by atoms with van der Waals surface area (Å²) >= 11 is 5.98. The second-order valence-corrected chi connectivity index (χ2v) is 5.59. The highest BCUT2D eigenvalue weighted by Gasteiger charge is 2.22.